The largest absolute Gasteiger partial charge is 0.464 e. The molecule has 2 aliphatic rings. The number of carbonyl (C=O) groups excluding carboxylic acids is 3. The molecule has 2 aliphatic heterocycles. The van der Waals surface area contributed by atoms with Gasteiger partial charge >= 0.3 is 5.97 Å². The summed E-state index contributed by atoms with van der Waals surface area (Å²) in [7, 11) is 1.19. The van der Waals surface area contributed by atoms with Crippen LogP contribution in [-0.4, -0.2) is 36.6 Å². The lowest BCUT2D eigenvalue weighted by Gasteiger charge is -2.16. The number of fused-ring (bicyclic) bond motifs is 1. The molecule has 1 aromatic rings. The molecule has 0 radical (unpaired) electrons. The van der Waals surface area contributed by atoms with Crippen molar-refractivity contribution in [2.24, 2.45) is 11.0 Å². The van der Waals surface area contributed by atoms with Crippen molar-refractivity contribution in [1.29, 1.82) is 0 Å². The molecule has 0 spiro atoms. The van der Waals surface area contributed by atoms with Crippen LogP contribution in [0, 0.1) is 12.8 Å². The van der Waals surface area contributed by atoms with Gasteiger partial charge in [-0.2, -0.15) is 5.10 Å². The van der Waals surface area contributed by atoms with Crippen LogP contribution in [0.25, 0.3) is 0 Å². The molecule has 7 nitrogen and oxygen atoms in total. The van der Waals surface area contributed by atoms with E-state index in [0.29, 0.717) is 10.7 Å². The third kappa shape index (κ3) is 1.97. The van der Waals surface area contributed by atoms with Crippen LogP contribution in [0.4, 0.5) is 5.69 Å². The van der Waals surface area contributed by atoms with Crippen LogP contribution >= 0.6 is 11.6 Å². The van der Waals surface area contributed by atoms with Crippen molar-refractivity contribution < 1.29 is 19.1 Å². The fourth-order valence-electron chi connectivity index (χ4n) is 2.54. The highest BCUT2D eigenvalue weighted by atomic mass is 35.5. The van der Waals surface area contributed by atoms with Crippen molar-refractivity contribution in [1.82, 2.24) is 5.43 Å². The second-order valence-corrected chi connectivity index (χ2v) is 5.43. The van der Waals surface area contributed by atoms with Gasteiger partial charge in [0.1, 0.15) is 12.0 Å². The van der Waals surface area contributed by atoms with Crippen LogP contribution in [0.2, 0.25) is 5.02 Å². The molecular weight excluding hydrogens is 310 g/mol. The number of hydrogen-bond donors (Lipinski definition) is 1. The van der Waals surface area contributed by atoms with Crippen LogP contribution in [0.15, 0.2) is 23.3 Å². The molecule has 1 N–H and O–H groups in total. The number of amides is 2. The number of nitrogens with zero attached hydrogens (tertiary/aromatic N) is 2. The minimum atomic E-state index is -0.972. The van der Waals surface area contributed by atoms with Gasteiger partial charge in [-0.15, -0.1) is 0 Å². The molecule has 1 fully saturated rings. The van der Waals surface area contributed by atoms with Crippen molar-refractivity contribution in [3.8, 4) is 0 Å². The lowest BCUT2D eigenvalue weighted by Crippen LogP contribution is -2.36. The van der Waals surface area contributed by atoms with Crippen molar-refractivity contribution in [3.05, 3.63) is 28.8 Å². The van der Waals surface area contributed by atoms with Crippen LogP contribution in [0.5, 0.6) is 0 Å². The second-order valence-electron chi connectivity index (χ2n) is 5.02. The number of benzene rings is 1. The van der Waals surface area contributed by atoms with Gasteiger partial charge < -0.3 is 4.74 Å². The van der Waals surface area contributed by atoms with E-state index in [2.05, 4.69) is 15.3 Å². The molecule has 2 heterocycles. The van der Waals surface area contributed by atoms with E-state index in [9.17, 15) is 14.4 Å². The number of esters is 1. The number of aryl methyl sites for hydroxylation is 1. The van der Waals surface area contributed by atoms with E-state index >= 15 is 0 Å². The summed E-state index contributed by atoms with van der Waals surface area (Å²) in [4.78, 5) is 37.7. The molecule has 2 amide bonds. The average Bonchev–Trinajstić information content (AvgIpc) is 3.03. The number of hydrazone groups is 1. The molecule has 0 unspecified atom stereocenters. The summed E-state index contributed by atoms with van der Waals surface area (Å²) in [6, 6.07) is 4.01. The number of anilines is 1. The monoisotopic (exact) mass is 321 g/mol. The summed E-state index contributed by atoms with van der Waals surface area (Å²) < 4.78 is 4.59. The highest BCUT2D eigenvalue weighted by Crippen LogP contribution is 2.32. The molecule has 1 saturated heterocycles. The van der Waals surface area contributed by atoms with Gasteiger partial charge in [-0.25, -0.2) is 9.69 Å². The van der Waals surface area contributed by atoms with Gasteiger partial charge in [0.25, 0.3) is 5.91 Å². The Morgan fingerprint density at radius 3 is 2.73 bits per heavy atom. The van der Waals surface area contributed by atoms with Gasteiger partial charge in [-0.05, 0) is 24.6 Å². The summed E-state index contributed by atoms with van der Waals surface area (Å²) in [5.41, 5.74) is 3.64. The standard InChI is InChI=1S/C14H12ClN3O4/c1-6-3-4-7(5-8(6)15)18-12(19)9-10(13(18)20)16-17-11(9)14(21)22-2/h3-5,9-10,16H,1-2H3/t9-,10-/m0/s1. The number of hydrogen-bond acceptors (Lipinski definition) is 6. The number of methoxy groups -OCH3 is 1. The zero-order chi connectivity index (χ0) is 16.0. The molecule has 2 atom stereocenters. The Hall–Kier alpha value is -2.41. The second kappa shape index (κ2) is 5.10. The molecule has 0 bridgehead atoms. The fraction of sp³-hybridized carbons (Fsp3) is 0.286. The maximum atomic E-state index is 12.6. The highest BCUT2D eigenvalue weighted by molar-refractivity contribution is 6.46. The lowest BCUT2D eigenvalue weighted by atomic mass is 9.99. The zero-order valence-corrected chi connectivity index (χ0v) is 12.5. The minimum Gasteiger partial charge on any atom is -0.464 e. The summed E-state index contributed by atoms with van der Waals surface area (Å²) in [6.07, 6.45) is 0. The summed E-state index contributed by atoms with van der Waals surface area (Å²) >= 11 is 6.05. The first-order valence-electron chi connectivity index (χ1n) is 6.51. The topological polar surface area (TPSA) is 88.1 Å². The summed E-state index contributed by atoms with van der Waals surface area (Å²) in [5.74, 6) is -2.70. The summed E-state index contributed by atoms with van der Waals surface area (Å²) in [6.45, 7) is 1.82. The molecule has 0 aromatic heterocycles. The molecule has 0 saturated carbocycles. The van der Waals surface area contributed by atoms with Crippen LogP contribution in [0.3, 0.4) is 0 Å². The SMILES string of the molecule is COC(=O)C1=NN[C@@H]2C(=O)N(c3ccc(C)c(Cl)c3)C(=O)[C@H]12. The normalized spacial score (nSPS) is 23.2. The van der Waals surface area contributed by atoms with Crippen LogP contribution in [-0.2, 0) is 19.1 Å². The maximum absolute atomic E-state index is 12.6. The van der Waals surface area contributed by atoms with E-state index in [1.165, 1.54) is 7.11 Å². The maximum Gasteiger partial charge on any atom is 0.355 e. The smallest absolute Gasteiger partial charge is 0.355 e. The van der Waals surface area contributed by atoms with Gasteiger partial charge in [0.15, 0.2) is 5.71 Å². The first-order valence-corrected chi connectivity index (χ1v) is 6.89. The Balaban J connectivity index is 1.98. The van der Waals surface area contributed by atoms with Gasteiger partial charge in [0.05, 0.1) is 12.8 Å². The average molecular weight is 322 g/mol. The van der Waals surface area contributed by atoms with Crippen LogP contribution < -0.4 is 10.3 Å². The van der Waals surface area contributed by atoms with E-state index in [0.717, 1.165) is 10.5 Å². The fourth-order valence-corrected chi connectivity index (χ4v) is 2.71. The number of nitrogens with one attached hydrogen (secondary N) is 1. The van der Waals surface area contributed by atoms with Crippen molar-refractivity contribution in [2.75, 3.05) is 12.0 Å². The number of ether oxygens (including phenoxy) is 1. The Kier molecular flexibility index (Phi) is 3.37. The van der Waals surface area contributed by atoms with Gasteiger partial charge in [0.2, 0.25) is 5.91 Å². The number of halogens is 1. The number of carbonyl (C=O) groups is 3. The lowest BCUT2D eigenvalue weighted by molar-refractivity contribution is -0.133. The molecular formula is C14H12ClN3O4. The quantitative estimate of drug-likeness (QED) is 0.638. The molecule has 8 heteroatoms. The summed E-state index contributed by atoms with van der Waals surface area (Å²) in [5, 5.41) is 4.20. The van der Waals surface area contributed by atoms with E-state index in [4.69, 9.17) is 11.6 Å². The van der Waals surface area contributed by atoms with Gasteiger partial charge in [0, 0.05) is 5.02 Å². The van der Waals surface area contributed by atoms with Crippen molar-refractivity contribution in [3.63, 3.8) is 0 Å². The Labute approximate surface area is 130 Å². The van der Waals surface area contributed by atoms with Crippen molar-refractivity contribution >= 4 is 40.8 Å². The molecule has 0 aliphatic carbocycles. The Morgan fingerprint density at radius 1 is 1.36 bits per heavy atom. The first kappa shape index (κ1) is 14.5. The molecule has 22 heavy (non-hydrogen) atoms. The zero-order valence-electron chi connectivity index (χ0n) is 11.8. The predicted octanol–water partition coefficient (Wildman–Crippen LogP) is 0.639. The van der Waals surface area contributed by atoms with Crippen LogP contribution in [0.1, 0.15) is 5.56 Å². The van der Waals surface area contributed by atoms with E-state index in [-0.39, 0.29) is 5.71 Å². The first-order chi connectivity index (χ1) is 10.5. The number of rotatable bonds is 2. The van der Waals surface area contributed by atoms with E-state index < -0.39 is 29.7 Å². The van der Waals surface area contributed by atoms with E-state index in [1.54, 1.807) is 18.2 Å². The predicted molar refractivity (Wildman–Crippen MR) is 78.5 cm³/mol. The minimum absolute atomic E-state index is 0.0911. The van der Waals surface area contributed by atoms with E-state index in [1.807, 2.05) is 6.92 Å². The van der Waals surface area contributed by atoms with Gasteiger partial charge in [-0.1, -0.05) is 17.7 Å². The highest BCUT2D eigenvalue weighted by Gasteiger charge is 2.55. The third-order valence-corrected chi connectivity index (χ3v) is 4.14. The van der Waals surface area contributed by atoms with Gasteiger partial charge in [-0.3, -0.25) is 15.0 Å². The van der Waals surface area contributed by atoms with Crippen molar-refractivity contribution in [2.45, 2.75) is 13.0 Å². The molecule has 114 valence electrons. The third-order valence-electron chi connectivity index (χ3n) is 3.73. The molecule has 3 rings (SSSR count). The Morgan fingerprint density at radius 2 is 2.09 bits per heavy atom. The molecule has 1 aromatic carbocycles. The Bertz CT molecular complexity index is 731. The number of imide groups is 1.